The highest BCUT2D eigenvalue weighted by atomic mass is 127. The number of aryl methyl sites for hydroxylation is 1. The zero-order chi connectivity index (χ0) is 15.1. The molecule has 5 nitrogen and oxygen atoms in total. The number of nitrogens with one attached hydrogen (secondary N) is 1. The van der Waals surface area contributed by atoms with Gasteiger partial charge in [0.1, 0.15) is 15.1 Å². The number of likely N-dealkylation sites (tertiary alicyclic amines) is 1. The third-order valence-electron chi connectivity index (χ3n) is 3.30. The molecule has 21 heavy (non-hydrogen) atoms. The number of ether oxygens (including phenoxy) is 1. The zero-order valence-corrected chi connectivity index (χ0v) is 16.0. The number of halogens is 2. The van der Waals surface area contributed by atoms with E-state index in [0.717, 1.165) is 28.2 Å². The maximum Gasteiger partial charge on any atom is 0.410 e. The number of aromatic amines is 1. The fraction of sp³-hybridized carbons (Fsp3) is 0.714. The summed E-state index contributed by atoms with van der Waals surface area (Å²) in [5.74, 6) is 1.32. The molecule has 2 rings (SSSR count). The Morgan fingerprint density at radius 2 is 2.10 bits per heavy atom. The predicted octanol–water partition coefficient (Wildman–Crippen LogP) is 4.06. The summed E-state index contributed by atoms with van der Waals surface area (Å²) in [6.07, 6.45) is 0.665. The van der Waals surface area contributed by atoms with Crippen LogP contribution in [0.3, 0.4) is 0 Å². The maximum atomic E-state index is 12.3. The average molecular weight is 428 g/mol. The second-order valence-electron chi connectivity index (χ2n) is 6.53. The van der Waals surface area contributed by atoms with Gasteiger partial charge in [0.15, 0.2) is 0 Å². The number of hydrogen-bond acceptors (Lipinski definition) is 3. The summed E-state index contributed by atoms with van der Waals surface area (Å²) in [5, 5.41) is 0. The van der Waals surface area contributed by atoms with Crippen molar-refractivity contribution in [2.75, 3.05) is 6.54 Å². The molecule has 120 valence electrons. The zero-order valence-electron chi connectivity index (χ0n) is 13.1. The van der Waals surface area contributed by atoms with Crippen molar-refractivity contribution in [1.29, 1.82) is 0 Å². The minimum atomic E-state index is -0.471. The van der Waals surface area contributed by atoms with E-state index in [0.29, 0.717) is 5.92 Å². The molecule has 0 radical (unpaired) electrons. The first-order valence-electron chi connectivity index (χ1n) is 6.89. The number of carbonyl (C=O) groups is 1. The first kappa shape index (κ1) is 18.5. The van der Waals surface area contributed by atoms with E-state index < -0.39 is 5.60 Å². The Bertz CT molecular complexity index is 493. The largest absolute Gasteiger partial charge is 0.444 e. The lowest BCUT2D eigenvalue weighted by Gasteiger charge is -2.27. The van der Waals surface area contributed by atoms with Crippen LogP contribution in [0.1, 0.15) is 51.7 Å². The van der Waals surface area contributed by atoms with Gasteiger partial charge in [-0.2, -0.15) is 0 Å². The highest BCUT2D eigenvalue weighted by Crippen LogP contribution is 2.35. The monoisotopic (exact) mass is 427 g/mol. The van der Waals surface area contributed by atoms with Crippen LogP contribution < -0.4 is 0 Å². The Kier molecular flexibility index (Phi) is 5.94. The third-order valence-corrected chi connectivity index (χ3v) is 4.35. The number of carbonyl (C=O) groups excluding carboxylic acids is 1. The average Bonchev–Trinajstić information content (AvgIpc) is 2.81. The smallest absolute Gasteiger partial charge is 0.410 e. The van der Waals surface area contributed by atoms with Gasteiger partial charge in [-0.1, -0.05) is 6.92 Å². The molecular formula is C14H23ClIN3O2. The number of hydrogen-bond donors (Lipinski definition) is 1. The molecule has 1 aliphatic heterocycles. The van der Waals surface area contributed by atoms with Gasteiger partial charge in [0.2, 0.25) is 0 Å². The van der Waals surface area contributed by atoms with E-state index in [-0.39, 0.29) is 24.5 Å². The lowest BCUT2D eigenvalue weighted by atomic mass is 10.1. The SMILES string of the molecule is Cc1[nH]c([C@@H]2C[C@H](C)CN2C(=O)OC(C)(C)C)nc1I.Cl. The number of rotatable bonds is 1. The van der Waals surface area contributed by atoms with Crippen LogP contribution in [0, 0.1) is 16.5 Å². The minimum absolute atomic E-state index is 0. The van der Waals surface area contributed by atoms with E-state index >= 15 is 0 Å². The summed E-state index contributed by atoms with van der Waals surface area (Å²) in [6.45, 7) is 10.5. The third kappa shape index (κ3) is 4.48. The molecule has 2 atom stereocenters. The summed E-state index contributed by atoms with van der Waals surface area (Å²) >= 11 is 2.21. The first-order chi connectivity index (χ1) is 9.17. The summed E-state index contributed by atoms with van der Waals surface area (Å²) < 4.78 is 6.46. The fourth-order valence-electron chi connectivity index (χ4n) is 2.45. The van der Waals surface area contributed by atoms with Crippen LogP contribution in [0.2, 0.25) is 0 Å². The lowest BCUT2D eigenvalue weighted by molar-refractivity contribution is 0.0214. The van der Waals surface area contributed by atoms with Crippen LogP contribution in [0.15, 0.2) is 0 Å². The van der Waals surface area contributed by atoms with Crippen LogP contribution in [-0.4, -0.2) is 33.1 Å². The maximum absolute atomic E-state index is 12.3. The minimum Gasteiger partial charge on any atom is -0.444 e. The summed E-state index contributed by atoms with van der Waals surface area (Å²) in [7, 11) is 0. The lowest BCUT2D eigenvalue weighted by Crippen LogP contribution is -2.37. The first-order valence-corrected chi connectivity index (χ1v) is 7.97. The second kappa shape index (κ2) is 6.73. The molecule has 1 aromatic heterocycles. The standard InChI is InChI=1S/C14H22IN3O2.ClH/c1-8-6-10(12-16-9(2)11(15)17-12)18(7-8)13(19)20-14(3,4)5;/h8,10H,6-7H2,1-5H3,(H,16,17);1H/t8-,10-;/m0./s1. The number of aromatic nitrogens is 2. The second-order valence-corrected chi connectivity index (χ2v) is 7.55. The van der Waals surface area contributed by atoms with Crippen LogP contribution >= 0.6 is 35.0 Å². The highest BCUT2D eigenvalue weighted by molar-refractivity contribution is 14.1. The summed E-state index contributed by atoms with van der Waals surface area (Å²) in [6, 6.07) is -0.0120. The topological polar surface area (TPSA) is 58.2 Å². The van der Waals surface area contributed by atoms with Crippen molar-refractivity contribution in [3.05, 3.63) is 15.2 Å². The van der Waals surface area contributed by atoms with Crippen LogP contribution in [0.4, 0.5) is 4.79 Å². The fourth-order valence-corrected chi connectivity index (χ4v) is 2.84. The Balaban J connectivity index is 0.00000220. The molecule has 0 spiro atoms. The van der Waals surface area contributed by atoms with Gasteiger partial charge in [-0.25, -0.2) is 9.78 Å². The van der Waals surface area contributed by atoms with E-state index in [1.165, 1.54) is 0 Å². The van der Waals surface area contributed by atoms with Crippen molar-refractivity contribution < 1.29 is 9.53 Å². The molecule has 0 aliphatic carbocycles. The Hall–Kier alpha value is -0.500. The van der Waals surface area contributed by atoms with Gasteiger partial charge >= 0.3 is 6.09 Å². The molecule has 1 amide bonds. The molecule has 0 bridgehead atoms. The van der Waals surface area contributed by atoms with Gasteiger partial charge in [0.05, 0.1) is 6.04 Å². The number of H-pyrrole nitrogens is 1. The van der Waals surface area contributed by atoms with E-state index in [1.54, 1.807) is 4.90 Å². The van der Waals surface area contributed by atoms with Crippen molar-refractivity contribution in [3.8, 4) is 0 Å². The molecule has 1 N–H and O–H groups in total. The Morgan fingerprint density at radius 3 is 2.57 bits per heavy atom. The van der Waals surface area contributed by atoms with Crippen molar-refractivity contribution in [2.45, 2.75) is 52.7 Å². The molecule has 1 aliphatic rings. The van der Waals surface area contributed by atoms with Crippen LogP contribution in [0.5, 0.6) is 0 Å². The van der Waals surface area contributed by atoms with E-state index in [9.17, 15) is 4.79 Å². The molecule has 1 saturated heterocycles. The molecule has 0 aromatic carbocycles. The van der Waals surface area contributed by atoms with Gasteiger partial charge < -0.3 is 9.72 Å². The van der Waals surface area contributed by atoms with Crippen molar-refractivity contribution in [2.24, 2.45) is 5.92 Å². The van der Waals surface area contributed by atoms with Crippen molar-refractivity contribution in [3.63, 3.8) is 0 Å². The molecule has 1 fully saturated rings. The quantitative estimate of drug-likeness (QED) is 0.688. The molecule has 1 aromatic rings. The van der Waals surface area contributed by atoms with Crippen molar-refractivity contribution in [1.82, 2.24) is 14.9 Å². The molecule has 2 heterocycles. The Labute approximate surface area is 145 Å². The van der Waals surface area contributed by atoms with Crippen LogP contribution in [0.25, 0.3) is 0 Å². The molecule has 0 unspecified atom stereocenters. The Morgan fingerprint density at radius 1 is 1.48 bits per heavy atom. The predicted molar refractivity (Wildman–Crippen MR) is 92.8 cm³/mol. The molecule has 0 saturated carbocycles. The van der Waals surface area contributed by atoms with Gasteiger partial charge in [-0.05, 0) is 62.6 Å². The van der Waals surface area contributed by atoms with Gasteiger partial charge in [0.25, 0.3) is 0 Å². The van der Waals surface area contributed by atoms with Gasteiger partial charge in [0, 0.05) is 12.2 Å². The van der Waals surface area contributed by atoms with Crippen LogP contribution in [-0.2, 0) is 4.74 Å². The normalized spacial score (nSPS) is 22.1. The van der Waals surface area contributed by atoms with Gasteiger partial charge in [-0.15, -0.1) is 12.4 Å². The number of nitrogens with zero attached hydrogens (tertiary/aromatic N) is 2. The number of amides is 1. The van der Waals surface area contributed by atoms with Crippen molar-refractivity contribution >= 4 is 41.1 Å². The summed E-state index contributed by atoms with van der Waals surface area (Å²) in [4.78, 5) is 22.0. The van der Waals surface area contributed by atoms with E-state index in [1.807, 2.05) is 27.7 Å². The van der Waals surface area contributed by atoms with Gasteiger partial charge in [-0.3, -0.25) is 4.90 Å². The highest BCUT2D eigenvalue weighted by Gasteiger charge is 2.38. The molecular weight excluding hydrogens is 405 g/mol. The van der Waals surface area contributed by atoms with E-state index in [4.69, 9.17) is 4.74 Å². The molecule has 7 heteroatoms. The van der Waals surface area contributed by atoms with E-state index in [2.05, 4.69) is 39.5 Å². The summed E-state index contributed by atoms with van der Waals surface area (Å²) in [5.41, 5.74) is 0.574. The number of imidazole rings is 1.